The second kappa shape index (κ2) is 8.37. The summed E-state index contributed by atoms with van der Waals surface area (Å²) in [5.41, 5.74) is -2.73. The van der Waals surface area contributed by atoms with Crippen LogP contribution in [0.15, 0.2) is 48.7 Å². The van der Waals surface area contributed by atoms with Crippen LogP contribution in [0.5, 0.6) is 5.75 Å². The second-order valence-corrected chi connectivity index (χ2v) is 6.54. The first-order chi connectivity index (χ1) is 14.1. The van der Waals surface area contributed by atoms with E-state index in [1.54, 1.807) is 24.3 Å². The number of hydrogen-bond donors (Lipinski definition) is 0. The molecule has 160 valence electrons. The molecule has 4 nitrogen and oxygen atoms in total. The van der Waals surface area contributed by atoms with Crippen LogP contribution in [-0.2, 0) is 12.4 Å². The first-order valence-corrected chi connectivity index (χ1v) is 9.03. The van der Waals surface area contributed by atoms with Gasteiger partial charge in [-0.1, -0.05) is 18.6 Å². The molecule has 30 heavy (non-hydrogen) atoms. The SMILES string of the molecule is CCCCOc1ccc(-n2cc(-c3cc(C(F)(F)F)cc(C(F)(F)F)c3)nn2)cc1. The Morgan fingerprint density at radius 1 is 0.900 bits per heavy atom. The van der Waals surface area contributed by atoms with Crippen LogP contribution >= 0.6 is 0 Å². The Bertz CT molecular complexity index is 961. The molecule has 0 fully saturated rings. The minimum atomic E-state index is -4.93. The van der Waals surface area contributed by atoms with Gasteiger partial charge in [0, 0.05) is 5.56 Å². The zero-order chi connectivity index (χ0) is 21.9. The number of aromatic nitrogens is 3. The molecule has 0 amide bonds. The molecule has 0 N–H and O–H groups in total. The van der Waals surface area contributed by atoms with E-state index in [0.717, 1.165) is 12.8 Å². The fraction of sp³-hybridized carbons (Fsp3) is 0.300. The highest BCUT2D eigenvalue weighted by Crippen LogP contribution is 2.38. The molecule has 1 heterocycles. The first-order valence-electron chi connectivity index (χ1n) is 9.03. The maximum Gasteiger partial charge on any atom is 0.416 e. The summed E-state index contributed by atoms with van der Waals surface area (Å²) >= 11 is 0. The van der Waals surface area contributed by atoms with Gasteiger partial charge in [0.15, 0.2) is 0 Å². The van der Waals surface area contributed by atoms with Gasteiger partial charge in [-0.3, -0.25) is 0 Å². The van der Waals surface area contributed by atoms with E-state index in [-0.39, 0.29) is 17.3 Å². The third-order valence-electron chi connectivity index (χ3n) is 4.24. The van der Waals surface area contributed by atoms with Gasteiger partial charge in [-0.05, 0) is 48.9 Å². The molecule has 3 rings (SSSR count). The monoisotopic (exact) mass is 429 g/mol. The Balaban J connectivity index is 1.90. The number of benzene rings is 2. The summed E-state index contributed by atoms with van der Waals surface area (Å²) in [6.07, 6.45) is -6.70. The maximum absolute atomic E-state index is 13.1. The third-order valence-corrected chi connectivity index (χ3v) is 4.24. The average molecular weight is 429 g/mol. The van der Waals surface area contributed by atoms with Crippen LogP contribution in [0.2, 0.25) is 0 Å². The molecule has 0 bridgehead atoms. The van der Waals surface area contributed by atoms with Crippen molar-refractivity contribution in [2.24, 2.45) is 0 Å². The highest BCUT2D eigenvalue weighted by Gasteiger charge is 2.37. The fourth-order valence-electron chi connectivity index (χ4n) is 2.65. The van der Waals surface area contributed by atoms with Gasteiger partial charge in [-0.15, -0.1) is 5.10 Å². The molecule has 0 aliphatic carbocycles. The van der Waals surface area contributed by atoms with Crippen LogP contribution in [0.3, 0.4) is 0 Å². The normalized spacial score (nSPS) is 12.2. The largest absolute Gasteiger partial charge is 0.494 e. The first kappa shape index (κ1) is 21.7. The second-order valence-electron chi connectivity index (χ2n) is 6.54. The van der Waals surface area contributed by atoms with Crippen molar-refractivity contribution in [1.29, 1.82) is 0 Å². The molecule has 0 saturated heterocycles. The lowest BCUT2D eigenvalue weighted by atomic mass is 10.0. The van der Waals surface area contributed by atoms with Crippen molar-refractivity contribution >= 4 is 0 Å². The average Bonchev–Trinajstić information content (AvgIpc) is 3.17. The number of alkyl halides is 6. The number of rotatable bonds is 6. The summed E-state index contributed by atoms with van der Waals surface area (Å²) in [4.78, 5) is 0. The Kier molecular flexibility index (Phi) is 6.04. The van der Waals surface area contributed by atoms with E-state index in [4.69, 9.17) is 4.74 Å². The van der Waals surface area contributed by atoms with E-state index in [9.17, 15) is 26.3 Å². The van der Waals surface area contributed by atoms with E-state index in [2.05, 4.69) is 10.3 Å². The zero-order valence-electron chi connectivity index (χ0n) is 15.8. The van der Waals surface area contributed by atoms with Gasteiger partial charge in [0.2, 0.25) is 0 Å². The predicted molar refractivity (Wildman–Crippen MR) is 97.2 cm³/mol. The molecule has 0 saturated carbocycles. The standard InChI is InChI=1S/C20H17F6N3O/c1-2-3-8-30-17-6-4-16(5-7-17)29-12-18(27-28-29)13-9-14(19(21,22)23)11-15(10-13)20(24,25)26/h4-7,9-12H,2-3,8H2,1H3. The Morgan fingerprint density at radius 2 is 1.50 bits per heavy atom. The highest BCUT2D eigenvalue weighted by molar-refractivity contribution is 5.61. The number of ether oxygens (including phenoxy) is 1. The van der Waals surface area contributed by atoms with Gasteiger partial charge in [0.05, 0.1) is 29.6 Å². The van der Waals surface area contributed by atoms with Crippen molar-refractivity contribution in [2.75, 3.05) is 6.61 Å². The Labute approximate surface area is 168 Å². The smallest absolute Gasteiger partial charge is 0.416 e. The van der Waals surface area contributed by atoms with Crippen LogP contribution < -0.4 is 4.74 Å². The molecule has 1 aromatic heterocycles. The molecule has 10 heteroatoms. The van der Waals surface area contributed by atoms with Crippen molar-refractivity contribution in [3.8, 4) is 22.7 Å². The molecule has 2 aromatic carbocycles. The number of unbranched alkanes of at least 4 members (excludes halogenated alkanes) is 1. The minimum absolute atomic E-state index is 0.0746. The lowest BCUT2D eigenvalue weighted by molar-refractivity contribution is -0.143. The molecule has 0 unspecified atom stereocenters. The lowest BCUT2D eigenvalue weighted by Gasteiger charge is -2.13. The van der Waals surface area contributed by atoms with E-state index in [1.165, 1.54) is 10.9 Å². The molecule has 0 atom stereocenters. The summed E-state index contributed by atoms with van der Waals surface area (Å²) in [5.74, 6) is 0.639. The van der Waals surface area contributed by atoms with Gasteiger partial charge in [0.1, 0.15) is 11.4 Å². The predicted octanol–water partition coefficient (Wildman–Crippen LogP) is 6.15. The molecule has 0 aliphatic rings. The summed E-state index contributed by atoms with van der Waals surface area (Å²) < 4.78 is 85.1. The van der Waals surface area contributed by atoms with Gasteiger partial charge in [0.25, 0.3) is 0 Å². The topological polar surface area (TPSA) is 39.9 Å². The number of nitrogens with zero attached hydrogens (tertiary/aromatic N) is 3. The lowest BCUT2D eigenvalue weighted by Crippen LogP contribution is -2.11. The quantitative estimate of drug-likeness (QED) is 0.349. The van der Waals surface area contributed by atoms with Gasteiger partial charge in [-0.25, -0.2) is 4.68 Å². The van der Waals surface area contributed by atoms with Gasteiger partial charge >= 0.3 is 12.4 Å². The zero-order valence-corrected chi connectivity index (χ0v) is 15.8. The Hall–Kier alpha value is -3.04. The molecular weight excluding hydrogens is 412 g/mol. The van der Waals surface area contributed by atoms with E-state index >= 15 is 0 Å². The van der Waals surface area contributed by atoms with Crippen LogP contribution in [0.4, 0.5) is 26.3 Å². The summed E-state index contributed by atoms with van der Waals surface area (Å²) in [6, 6.07) is 8.02. The maximum atomic E-state index is 13.1. The highest BCUT2D eigenvalue weighted by atomic mass is 19.4. The molecule has 0 spiro atoms. The van der Waals surface area contributed by atoms with Crippen molar-refractivity contribution in [3.05, 3.63) is 59.8 Å². The summed E-state index contributed by atoms with van der Waals surface area (Å²) in [6.45, 7) is 2.61. The van der Waals surface area contributed by atoms with E-state index < -0.39 is 23.5 Å². The van der Waals surface area contributed by atoms with Gasteiger partial charge in [-0.2, -0.15) is 26.3 Å². The van der Waals surface area contributed by atoms with Crippen LogP contribution in [0.1, 0.15) is 30.9 Å². The number of hydrogen-bond acceptors (Lipinski definition) is 3. The molecule has 3 aromatic rings. The van der Waals surface area contributed by atoms with Crippen molar-refractivity contribution < 1.29 is 31.1 Å². The minimum Gasteiger partial charge on any atom is -0.494 e. The third kappa shape index (κ3) is 5.11. The molecule has 0 aliphatic heterocycles. The molecule has 0 radical (unpaired) electrons. The van der Waals surface area contributed by atoms with Crippen molar-refractivity contribution in [1.82, 2.24) is 15.0 Å². The molecular formula is C20H17F6N3O. The summed E-state index contributed by atoms with van der Waals surface area (Å²) in [7, 11) is 0. The van der Waals surface area contributed by atoms with Crippen LogP contribution in [-0.4, -0.2) is 21.6 Å². The van der Waals surface area contributed by atoms with Crippen molar-refractivity contribution in [3.63, 3.8) is 0 Å². The number of halogens is 6. The Morgan fingerprint density at radius 3 is 2.03 bits per heavy atom. The fourth-order valence-corrected chi connectivity index (χ4v) is 2.65. The van der Waals surface area contributed by atoms with Crippen molar-refractivity contribution in [2.45, 2.75) is 32.1 Å². The van der Waals surface area contributed by atoms with E-state index in [0.29, 0.717) is 30.2 Å². The van der Waals surface area contributed by atoms with Crippen LogP contribution in [0.25, 0.3) is 16.9 Å². The summed E-state index contributed by atoms with van der Waals surface area (Å²) in [5, 5.41) is 7.55. The van der Waals surface area contributed by atoms with Crippen LogP contribution in [0, 0.1) is 0 Å². The van der Waals surface area contributed by atoms with Gasteiger partial charge < -0.3 is 4.74 Å². The van der Waals surface area contributed by atoms with E-state index in [1.807, 2.05) is 6.92 Å².